The fraction of sp³-hybridized carbons (Fsp3) is 0.130. The summed E-state index contributed by atoms with van der Waals surface area (Å²) in [6.45, 7) is 3.63. The summed E-state index contributed by atoms with van der Waals surface area (Å²) in [6.07, 6.45) is 0. The third kappa shape index (κ3) is 5.49. The normalized spacial score (nSPS) is 10.9. The van der Waals surface area contributed by atoms with Crippen LogP contribution in [0.25, 0.3) is 0 Å². The number of rotatable bonds is 8. The molecule has 0 aromatic heterocycles. The van der Waals surface area contributed by atoms with Gasteiger partial charge in [-0.3, -0.25) is 14.3 Å². The van der Waals surface area contributed by atoms with Gasteiger partial charge in [-0.05, 0) is 62.4 Å². The van der Waals surface area contributed by atoms with Crippen LogP contribution >= 0.6 is 0 Å². The standard InChI is InChI=1S/C23H22N2O5S/c1-3-30-22-13-12-17(16(2)26)15-21(22)24-23(27)18-8-7-9-19(14-18)25-31(28,29)20-10-5-4-6-11-20/h4-15,25H,3H2,1-2H3,(H,24,27). The lowest BCUT2D eigenvalue weighted by Gasteiger charge is -2.13. The van der Waals surface area contributed by atoms with Gasteiger partial charge >= 0.3 is 0 Å². The third-order valence-electron chi connectivity index (χ3n) is 4.36. The first-order chi connectivity index (χ1) is 14.8. The molecular formula is C23H22N2O5S. The monoisotopic (exact) mass is 438 g/mol. The molecule has 0 saturated heterocycles. The third-order valence-corrected chi connectivity index (χ3v) is 5.76. The van der Waals surface area contributed by atoms with Gasteiger partial charge in [-0.2, -0.15) is 0 Å². The summed E-state index contributed by atoms with van der Waals surface area (Å²) in [4.78, 5) is 24.6. The highest BCUT2D eigenvalue weighted by Gasteiger charge is 2.16. The lowest BCUT2D eigenvalue weighted by Crippen LogP contribution is -2.16. The van der Waals surface area contributed by atoms with Crippen LogP contribution in [0.5, 0.6) is 5.75 Å². The Morgan fingerprint density at radius 1 is 0.903 bits per heavy atom. The molecule has 7 nitrogen and oxygen atoms in total. The first kappa shape index (κ1) is 22.0. The molecule has 3 aromatic carbocycles. The van der Waals surface area contributed by atoms with Crippen LogP contribution in [-0.4, -0.2) is 26.7 Å². The van der Waals surface area contributed by atoms with Crippen LogP contribution in [0.2, 0.25) is 0 Å². The van der Waals surface area contributed by atoms with Crippen molar-refractivity contribution in [2.24, 2.45) is 0 Å². The van der Waals surface area contributed by atoms with Crippen molar-refractivity contribution >= 4 is 33.1 Å². The van der Waals surface area contributed by atoms with Gasteiger partial charge in [0.25, 0.3) is 15.9 Å². The molecule has 3 aromatic rings. The smallest absolute Gasteiger partial charge is 0.261 e. The summed E-state index contributed by atoms with van der Waals surface area (Å²) in [6, 6.07) is 18.9. The van der Waals surface area contributed by atoms with E-state index in [0.717, 1.165) is 0 Å². The van der Waals surface area contributed by atoms with Crippen molar-refractivity contribution in [3.05, 3.63) is 83.9 Å². The maximum absolute atomic E-state index is 12.8. The average Bonchev–Trinajstić information content (AvgIpc) is 2.75. The molecule has 0 atom stereocenters. The molecule has 0 saturated carbocycles. The number of anilines is 2. The van der Waals surface area contributed by atoms with Gasteiger partial charge in [-0.25, -0.2) is 8.42 Å². The first-order valence-corrected chi connectivity index (χ1v) is 11.1. The average molecular weight is 439 g/mol. The summed E-state index contributed by atoms with van der Waals surface area (Å²) in [5.41, 5.74) is 1.28. The van der Waals surface area contributed by atoms with Crippen molar-refractivity contribution in [3.8, 4) is 5.75 Å². The Labute approximate surface area is 181 Å². The van der Waals surface area contributed by atoms with Crippen molar-refractivity contribution in [1.29, 1.82) is 0 Å². The van der Waals surface area contributed by atoms with Gasteiger partial charge in [0.05, 0.1) is 17.2 Å². The number of carbonyl (C=O) groups is 2. The Hall–Kier alpha value is -3.65. The zero-order valence-electron chi connectivity index (χ0n) is 17.1. The van der Waals surface area contributed by atoms with Crippen molar-refractivity contribution < 1.29 is 22.7 Å². The van der Waals surface area contributed by atoms with Crippen LogP contribution in [0.15, 0.2) is 77.7 Å². The van der Waals surface area contributed by atoms with E-state index in [4.69, 9.17) is 4.74 Å². The molecule has 0 aliphatic heterocycles. The van der Waals surface area contributed by atoms with Gasteiger partial charge < -0.3 is 10.1 Å². The molecule has 0 spiro atoms. The molecule has 0 heterocycles. The highest BCUT2D eigenvalue weighted by atomic mass is 32.2. The fourth-order valence-electron chi connectivity index (χ4n) is 2.86. The minimum absolute atomic E-state index is 0.118. The Bertz CT molecular complexity index is 1210. The quantitative estimate of drug-likeness (QED) is 0.510. The number of ketones is 1. The summed E-state index contributed by atoms with van der Waals surface area (Å²) in [7, 11) is -3.78. The Balaban J connectivity index is 1.84. The van der Waals surface area contributed by atoms with Crippen LogP contribution in [0.1, 0.15) is 34.6 Å². The maximum atomic E-state index is 12.8. The molecule has 0 fully saturated rings. The second-order valence-electron chi connectivity index (χ2n) is 6.65. The number of ether oxygens (including phenoxy) is 1. The van der Waals surface area contributed by atoms with E-state index in [1.807, 2.05) is 6.92 Å². The summed E-state index contributed by atoms with van der Waals surface area (Å²) in [5.74, 6) is -0.180. The molecule has 0 radical (unpaired) electrons. The molecule has 2 N–H and O–H groups in total. The van der Waals surface area contributed by atoms with Crippen LogP contribution in [0.3, 0.4) is 0 Å². The molecule has 8 heteroatoms. The fourth-order valence-corrected chi connectivity index (χ4v) is 3.93. The number of benzene rings is 3. The summed E-state index contributed by atoms with van der Waals surface area (Å²) < 4.78 is 33.1. The maximum Gasteiger partial charge on any atom is 0.261 e. The van der Waals surface area contributed by atoms with E-state index in [-0.39, 0.29) is 21.9 Å². The first-order valence-electron chi connectivity index (χ1n) is 9.57. The van der Waals surface area contributed by atoms with E-state index >= 15 is 0 Å². The number of hydrogen-bond donors (Lipinski definition) is 2. The molecule has 0 aliphatic rings. The molecule has 3 rings (SSSR count). The molecule has 0 aliphatic carbocycles. The Morgan fingerprint density at radius 2 is 1.65 bits per heavy atom. The van der Waals surface area contributed by atoms with E-state index < -0.39 is 15.9 Å². The minimum atomic E-state index is -3.78. The van der Waals surface area contributed by atoms with Gasteiger partial charge in [-0.15, -0.1) is 0 Å². The zero-order valence-corrected chi connectivity index (χ0v) is 17.9. The van der Waals surface area contributed by atoms with Crippen LogP contribution in [-0.2, 0) is 10.0 Å². The van der Waals surface area contributed by atoms with Crippen molar-refractivity contribution in [2.45, 2.75) is 18.7 Å². The van der Waals surface area contributed by atoms with E-state index in [1.54, 1.807) is 54.6 Å². The van der Waals surface area contributed by atoms with Crippen LogP contribution in [0, 0.1) is 0 Å². The lowest BCUT2D eigenvalue weighted by molar-refractivity contribution is 0.101. The van der Waals surface area contributed by atoms with E-state index in [9.17, 15) is 18.0 Å². The predicted octanol–water partition coefficient (Wildman–Crippen LogP) is 4.34. The van der Waals surface area contributed by atoms with Gasteiger partial charge in [0.2, 0.25) is 0 Å². The second kappa shape index (κ2) is 9.44. The Morgan fingerprint density at radius 3 is 2.32 bits per heavy atom. The minimum Gasteiger partial charge on any atom is -0.492 e. The van der Waals surface area contributed by atoms with Crippen molar-refractivity contribution in [2.75, 3.05) is 16.6 Å². The van der Waals surface area contributed by atoms with Crippen molar-refractivity contribution in [1.82, 2.24) is 0 Å². The lowest BCUT2D eigenvalue weighted by atomic mass is 10.1. The highest BCUT2D eigenvalue weighted by molar-refractivity contribution is 7.92. The summed E-state index contributed by atoms with van der Waals surface area (Å²) in [5, 5.41) is 2.74. The van der Waals surface area contributed by atoms with Gasteiger partial charge in [0.15, 0.2) is 5.78 Å². The summed E-state index contributed by atoms with van der Waals surface area (Å²) >= 11 is 0. The molecule has 1 amide bonds. The SMILES string of the molecule is CCOc1ccc(C(C)=O)cc1NC(=O)c1cccc(NS(=O)(=O)c2ccccc2)c1. The topological polar surface area (TPSA) is 102 Å². The van der Waals surface area contributed by atoms with Gasteiger partial charge in [0.1, 0.15) is 5.75 Å². The molecule has 31 heavy (non-hydrogen) atoms. The number of sulfonamides is 1. The molecular weight excluding hydrogens is 416 g/mol. The molecule has 0 unspecified atom stereocenters. The number of nitrogens with one attached hydrogen (secondary N) is 2. The zero-order chi connectivity index (χ0) is 22.4. The molecule has 160 valence electrons. The van der Waals surface area contributed by atoms with E-state index in [0.29, 0.717) is 23.6 Å². The second-order valence-corrected chi connectivity index (χ2v) is 8.34. The largest absolute Gasteiger partial charge is 0.492 e. The number of Topliss-reactive ketones (excluding diaryl/α,β-unsaturated/α-hetero) is 1. The number of amides is 1. The van der Waals surface area contributed by atoms with E-state index in [1.165, 1.54) is 25.1 Å². The van der Waals surface area contributed by atoms with Gasteiger partial charge in [0, 0.05) is 16.8 Å². The van der Waals surface area contributed by atoms with Crippen molar-refractivity contribution in [3.63, 3.8) is 0 Å². The van der Waals surface area contributed by atoms with Gasteiger partial charge in [-0.1, -0.05) is 24.3 Å². The molecule has 0 bridgehead atoms. The Kier molecular flexibility index (Phi) is 6.71. The predicted molar refractivity (Wildman–Crippen MR) is 119 cm³/mol. The number of carbonyl (C=O) groups excluding carboxylic acids is 2. The number of hydrogen-bond acceptors (Lipinski definition) is 5. The van der Waals surface area contributed by atoms with Crippen LogP contribution < -0.4 is 14.8 Å². The highest BCUT2D eigenvalue weighted by Crippen LogP contribution is 2.27. The van der Waals surface area contributed by atoms with Crippen LogP contribution in [0.4, 0.5) is 11.4 Å². The van der Waals surface area contributed by atoms with E-state index in [2.05, 4.69) is 10.0 Å².